The van der Waals surface area contributed by atoms with E-state index in [1.54, 1.807) is 0 Å². The average molecular weight is 239 g/mol. The summed E-state index contributed by atoms with van der Waals surface area (Å²) in [6.45, 7) is 0.892. The molecule has 2 saturated carbocycles. The van der Waals surface area contributed by atoms with Gasteiger partial charge in [0.25, 0.3) is 0 Å². The third-order valence-corrected chi connectivity index (χ3v) is 5.05. The van der Waals surface area contributed by atoms with Gasteiger partial charge in [0.1, 0.15) is 6.04 Å². The minimum absolute atomic E-state index is 0.0988. The van der Waals surface area contributed by atoms with Gasteiger partial charge in [0.05, 0.1) is 6.10 Å². The minimum atomic E-state index is -0.682. The van der Waals surface area contributed by atoms with E-state index < -0.39 is 5.97 Å². The van der Waals surface area contributed by atoms with E-state index in [-0.39, 0.29) is 18.2 Å². The van der Waals surface area contributed by atoms with E-state index in [9.17, 15) is 15.0 Å². The molecule has 3 fully saturated rings. The van der Waals surface area contributed by atoms with E-state index in [2.05, 4.69) is 4.90 Å². The first kappa shape index (κ1) is 11.5. The number of carbonyl (C=O) groups is 1. The van der Waals surface area contributed by atoms with Crippen LogP contribution in [0.1, 0.15) is 38.5 Å². The van der Waals surface area contributed by atoms with Crippen molar-refractivity contribution in [1.29, 1.82) is 0 Å². The van der Waals surface area contributed by atoms with Gasteiger partial charge in [-0.15, -0.1) is 0 Å². The lowest BCUT2D eigenvalue weighted by molar-refractivity contribution is -0.145. The highest BCUT2D eigenvalue weighted by molar-refractivity contribution is 5.74. The Morgan fingerprint density at radius 3 is 2.53 bits per heavy atom. The van der Waals surface area contributed by atoms with Crippen molar-refractivity contribution < 1.29 is 15.0 Å². The van der Waals surface area contributed by atoms with Crippen LogP contribution in [0.5, 0.6) is 0 Å². The summed E-state index contributed by atoms with van der Waals surface area (Å²) in [4.78, 5) is 13.6. The fourth-order valence-corrected chi connectivity index (χ4v) is 4.31. The van der Waals surface area contributed by atoms with Gasteiger partial charge in [0, 0.05) is 12.6 Å². The highest BCUT2D eigenvalue weighted by Gasteiger charge is 2.51. The molecule has 2 N–H and O–H groups in total. The molecule has 0 aromatic rings. The van der Waals surface area contributed by atoms with Crippen LogP contribution in [0.25, 0.3) is 0 Å². The van der Waals surface area contributed by atoms with Crippen LogP contribution < -0.4 is 0 Å². The summed E-state index contributed by atoms with van der Waals surface area (Å²) in [6, 6.07) is -0.234. The maximum atomic E-state index is 11.5. The SMILES string of the molecule is O=C(O)C1C2CCCC2CN1C1CCCC1O. The lowest BCUT2D eigenvalue weighted by Gasteiger charge is -2.32. The van der Waals surface area contributed by atoms with Crippen LogP contribution in [0.4, 0.5) is 0 Å². The summed E-state index contributed by atoms with van der Waals surface area (Å²) in [7, 11) is 0. The second-order valence-electron chi connectivity index (χ2n) is 5.90. The molecule has 0 radical (unpaired) electrons. The second kappa shape index (κ2) is 4.25. The maximum absolute atomic E-state index is 11.5. The monoisotopic (exact) mass is 239 g/mol. The Morgan fingerprint density at radius 1 is 1.12 bits per heavy atom. The highest BCUT2D eigenvalue weighted by atomic mass is 16.4. The van der Waals surface area contributed by atoms with Crippen LogP contribution in [-0.2, 0) is 4.79 Å². The molecular weight excluding hydrogens is 218 g/mol. The van der Waals surface area contributed by atoms with E-state index in [1.165, 1.54) is 12.8 Å². The summed E-state index contributed by atoms with van der Waals surface area (Å²) >= 11 is 0. The molecular formula is C13H21NO3. The van der Waals surface area contributed by atoms with Gasteiger partial charge in [-0.3, -0.25) is 9.69 Å². The molecule has 1 saturated heterocycles. The number of nitrogens with zero attached hydrogens (tertiary/aromatic N) is 1. The number of likely N-dealkylation sites (tertiary alicyclic amines) is 1. The molecule has 1 aliphatic heterocycles. The molecule has 0 spiro atoms. The van der Waals surface area contributed by atoms with Gasteiger partial charge < -0.3 is 10.2 Å². The second-order valence-corrected chi connectivity index (χ2v) is 5.90. The van der Waals surface area contributed by atoms with E-state index in [0.717, 1.165) is 32.2 Å². The first-order valence-corrected chi connectivity index (χ1v) is 6.85. The zero-order valence-corrected chi connectivity index (χ0v) is 10.1. The molecule has 4 nitrogen and oxygen atoms in total. The molecule has 3 rings (SSSR count). The Morgan fingerprint density at radius 2 is 1.88 bits per heavy atom. The van der Waals surface area contributed by atoms with Crippen molar-refractivity contribution in [2.45, 2.75) is 56.7 Å². The summed E-state index contributed by atoms with van der Waals surface area (Å²) in [5.74, 6) is 0.211. The fraction of sp³-hybridized carbons (Fsp3) is 0.923. The predicted octanol–water partition coefficient (Wildman–Crippen LogP) is 1.08. The number of carboxylic acids is 1. The normalized spacial score (nSPS) is 46.3. The van der Waals surface area contributed by atoms with Gasteiger partial charge in [-0.1, -0.05) is 6.42 Å². The summed E-state index contributed by atoms with van der Waals surface area (Å²) in [5.41, 5.74) is 0. The van der Waals surface area contributed by atoms with E-state index in [4.69, 9.17) is 0 Å². The van der Waals surface area contributed by atoms with Crippen LogP contribution in [0, 0.1) is 11.8 Å². The minimum Gasteiger partial charge on any atom is -0.480 e. The van der Waals surface area contributed by atoms with Crippen LogP contribution in [0.3, 0.4) is 0 Å². The number of aliphatic carboxylic acids is 1. The van der Waals surface area contributed by atoms with Crippen molar-refractivity contribution >= 4 is 5.97 Å². The standard InChI is InChI=1S/C13H21NO3/c15-11-6-2-5-10(11)14-7-8-3-1-4-9(8)12(14)13(16)17/h8-12,15H,1-7H2,(H,16,17). The Bertz CT molecular complexity index is 320. The first-order valence-electron chi connectivity index (χ1n) is 6.85. The van der Waals surface area contributed by atoms with Gasteiger partial charge >= 0.3 is 5.97 Å². The maximum Gasteiger partial charge on any atom is 0.321 e. The Labute approximate surface area is 102 Å². The largest absolute Gasteiger partial charge is 0.480 e. The number of rotatable bonds is 2. The molecule has 4 heteroatoms. The van der Waals surface area contributed by atoms with Crippen molar-refractivity contribution in [2.75, 3.05) is 6.54 Å². The molecule has 0 aromatic carbocycles. The van der Waals surface area contributed by atoms with Crippen LogP contribution >= 0.6 is 0 Å². The van der Waals surface area contributed by atoms with Gasteiger partial charge in [0.15, 0.2) is 0 Å². The highest BCUT2D eigenvalue weighted by Crippen LogP contribution is 2.44. The fourth-order valence-electron chi connectivity index (χ4n) is 4.31. The zero-order valence-electron chi connectivity index (χ0n) is 10.1. The van der Waals surface area contributed by atoms with E-state index in [1.807, 2.05) is 0 Å². The van der Waals surface area contributed by atoms with Gasteiger partial charge in [-0.05, 0) is 43.9 Å². The topological polar surface area (TPSA) is 60.8 Å². The Kier molecular flexibility index (Phi) is 2.87. The summed E-state index contributed by atoms with van der Waals surface area (Å²) in [6.07, 6.45) is 5.93. The molecule has 5 atom stereocenters. The molecule has 96 valence electrons. The number of aliphatic hydroxyl groups is 1. The molecule has 3 aliphatic rings. The molecule has 2 aliphatic carbocycles. The first-order chi connectivity index (χ1) is 8.18. The number of hydrogen-bond acceptors (Lipinski definition) is 3. The summed E-state index contributed by atoms with van der Waals surface area (Å²) in [5, 5.41) is 19.4. The summed E-state index contributed by atoms with van der Waals surface area (Å²) < 4.78 is 0. The molecule has 1 heterocycles. The predicted molar refractivity (Wildman–Crippen MR) is 62.6 cm³/mol. The molecule has 0 bridgehead atoms. The quantitative estimate of drug-likeness (QED) is 0.757. The molecule has 0 amide bonds. The zero-order chi connectivity index (χ0) is 12.0. The van der Waals surface area contributed by atoms with Crippen LogP contribution in [0.2, 0.25) is 0 Å². The third kappa shape index (κ3) is 1.78. The number of hydrogen-bond donors (Lipinski definition) is 2. The molecule has 17 heavy (non-hydrogen) atoms. The lowest BCUT2D eigenvalue weighted by atomic mass is 9.94. The Hall–Kier alpha value is -0.610. The smallest absolute Gasteiger partial charge is 0.321 e. The van der Waals surface area contributed by atoms with Crippen molar-refractivity contribution in [3.05, 3.63) is 0 Å². The van der Waals surface area contributed by atoms with Crippen molar-refractivity contribution in [3.63, 3.8) is 0 Å². The van der Waals surface area contributed by atoms with Crippen LogP contribution in [-0.4, -0.2) is 45.8 Å². The lowest BCUT2D eigenvalue weighted by Crippen LogP contribution is -2.48. The Balaban J connectivity index is 1.81. The van der Waals surface area contributed by atoms with E-state index >= 15 is 0 Å². The molecule has 5 unspecified atom stereocenters. The van der Waals surface area contributed by atoms with Crippen molar-refractivity contribution in [3.8, 4) is 0 Å². The van der Waals surface area contributed by atoms with Crippen molar-refractivity contribution in [2.24, 2.45) is 11.8 Å². The number of fused-ring (bicyclic) bond motifs is 1. The number of aliphatic hydroxyl groups excluding tert-OH is 1. The van der Waals surface area contributed by atoms with Crippen LogP contribution in [0.15, 0.2) is 0 Å². The van der Waals surface area contributed by atoms with Gasteiger partial charge in [-0.25, -0.2) is 0 Å². The van der Waals surface area contributed by atoms with Gasteiger partial charge in [0.2, 0.25) is 0 Å². The molecule has 0 aromatic heterocycles. The van der Waals surface area contributed by atoms with Gasteiger partial charge in [-0.2, -0.15) is 0 Å². The van der Waals surface area contributed by atoms with E-state index in [0.29, 0.717) is 11.8 Å². The van der Waals surface area contributed by atoms with Crippen molar-refractivity contribution in [1.82, 2.24) is 4.90 Å². The average Bonchev–Trinajstić information content (AvgIpc) is 2.89. The number of carboxylic acid groups (broad SMARTS) is 1. The third-order valence-electron chi connectivity index (χ3n) is 5.05.